The van der Waals surface area contributed by atoms with Crippen molar-refractivity contribution >= 4 is 16.9 Å². The fourth-order valence-corrected chi connectivity index (χ4v) is 3.74. The molecule has 0 aliphatic rings. The van der Waals surface area contributed by atoms with E-state index in [4.69, 9.17) is 4.98 Å². The second kappa shape index (κ2) is 8.25. The van der Waals surface area contributed by atoms with Crippen LogP contribution in [0.2, 0.25) is 0 Å². The van der Waals surface area contributed by atoms with Gasteiger partial charge in [-0.1, -0.05) is 26.0 Å². The topological polar surface area (TPSA) is 90.5 Å². The molecule has 0 spiro atoms. The van der Waals surface area contributed by atoms with Gasteiger partial charge in [0.25, 0.3) is 5.91 Å². The van der Waals surface area contributed by atoms with Gasteiger partial charge in [-0.2, -0.15) is 4.68 Å². The Morgan fingerprint density at radius 2 is 1.87 bits per heavy atom. The van der Waals surface area contributed by atoms with Gasteiger partial charge in [-0.25, -0.2) is 9.37 Å². The average Bonchev–Trinajstić information content (AvgIpc) is 3.39. The fraction of sp³-hybridized carbons (Fsp3) is 0.318. The highest BCUT2D eigenvalue weighted by molar-refractivity contribution is 5.98. The van der Waals surface area contributed by atoms with E-state index in [1.165, 1.54) is 29.2 Å². The van der Waals surface area contributed by atoms with Gasteiger partial charge in [0.15, 0.2) is 0 Å². The summed E-state index contributed by atoms with van der Waals surface area (Å²) < 4.78 is 17.5. The van der Waals surface area contributed by atoms with Crippen molar-refractivity contribution in [3.8, 4) is 5.69 Å². The number of aromatic nitrogens is 6. The molecule has 1 N–H and O–H groups in total. The second-order valence-corrected chi connectivity index (χ2v) is 8.03. The smallest absolute Gasteiger partial charge is 0.254 e. The predicted molar refractivity (Wildman–Crippen MR) is 114 cm³/mol. The molecule has 0 fully saturated rings. The van der Waals surface area contributed by atoms with Gasteiger partial charge >= 0.3 is 0 Å². The molecule has 0 aliphatic carbocycles. The molecule has 2 aromatic heterocycles. The molecule has 31 heavy (non-hydrogen) atoms. The Kier molecular flexibility index (Phi) is 5.50. The zero-order valence-corrected chi connectivity index (χ0v) is 17.8. The summed E-state index contributed by atoms with van der Waals surface area (Å²) in [5.74, 6) is -0.133. The maximum absolute atomic E-state index is 14.0. The van der Waals surface area contributed by atoms with E-state index in [-0.39, 0.29) is 23.6 Å². The minimum Gasteiger partial charge on any atom is -0.342 e. The summed E-state index contributed by atoms with van der Waals surface area (Å²) >= 11 is 0. The molecule has 0 aliphatic heterocycles. The number of tetrazole rings is 1. The van der Waals surface area contributed by atoms with Gasteiger partial charge in [-0.05, 0) is 60.5 Å². The molecular weight excluding hydrogens is 397 g/mol. The number of para-hydroxylation sites is 2. The van der Waals surface area contributed by atoms with Crippen molar-refractivity contribution in [2.75, 3.05) is 0 Å². The quantitative estimate of drug-likeness (QED) is 0.511. The van der Waals surface area contributed by atoms with Crippen molar-refractivity contribution in [1.29, 1.82) is 0 Å². The zero-order valence-electron chi connectivity index (χ0n) is 17.8. The third-order valence-corrected chi connectivity index (χ3v) is 5.17. The number of hydrogen-bond donors (Lipinski definition) is 1. The molecule has 2 aromatic carbocycles. The Labute approximate surface area is 179 Å². The van der Waals surface area contributed by atoms with Crippen molar-refractivity contribution in [3.05, 3.63) is 66.0 Å². The maximum Gasteiger partial charge on any atom is 0.254 e. The molecule has 9 heteroatoms. The number of carbonyl (C=O) groups is 1. The number of amides is 1. The molecule has 0 saturated carbocycles. The number of nitrogens with one attached hydrogen (secondary N) is 1. The number of imidazole rings is 1. The van der Waals surface area contributed by atoms with Crippen LogP contribution in [0.3, 0.4) is 0 Å². The molecule has 160 valence electrons. The van der Waals surface area contributed by atoms with Crippen LogP contribution in [0, 0.1) is 11.7 Å². The molecular formula is C22H24FN7O. The van der Waals surface area contributed by atoms with Crippen LogP contribution >= 0.6 is 0 Å². The second-order valence-electron chi connectivity index (χ2n) is 8.03. The van der Waals surface area contributed by atoms with Gasteiger partial charge in [-0.3, -0.25) is 4.79 Å². The van der Waals surface area contributed by atoms with E-state index >= 15 is 0 Å². The summed E-state index contributed by atoms with van der Waals surface area (Å²) in [5.41, 5.74) is 2.41. The lowest BCUT2D eigenvalue weighted by Gasteiger charge is -2.25. The first-order valence-electron chi connectivity index (χ1n) is 10.2. The highest BCUT2D eigenvalue weighted by Gasteiger charge is 2.27. The van der Waals surface area contributed by atoms with Crippen LogP contribution in [0.1, 0.15) is 56.0 Å². The molecule has 1 amide bonds. The number of fused-ring (bicyclic) bond motifs is 1. The first kappa shape index (κ1) is 20.6. The summed E-state index contributed by atoms with van der Waals surface area (Å²) in [5, 5.41) is 14.1. The molecule has 4 rings (SSSR count). The number of halogens is 1. The molecule has 0 bridgehead atoms. The van der Waals surface area contributed by atoms with Crippen LogP contribution in [-0.2, 0) is 0 Å². The first-order valence-corrected chi connectivity index (χ1v) is 10.2. The largest absolute Gasteiger partial charge is 0.342 e. The van der Waals surface area contributed by atoms with Crippen molar-refractivity contribution in [2.24, 2.45) is 5.92 Å². The Bertz CT molecular complexity index is 1210. The summed E-state index contributed by atoms with van der Waals surface area (Å²) in [7, 11) is 0. The minimum atomic E-state index is -0.516. The lowest BCUT2D eigenvalue weighted by molar-refractivity contribution is 0.0921. The fourth-order valence-electron chi connectivity index (χ4n) is 3.74. The predicted octanol–water partition coefficient (Wildman–Crippen LogP) is 3.86. The van der Waals surface area contributed by atoms with Gasteiger partial charge in [0.1, 0.15) is 18.0 Å². The summed E-state index contributed by atoms with van der Waals surface area (Å²) in [4.78, 5) is 18.1. The number of carbonyl (C=O) groups excluding carboxylic acids is 1. The van der Waals surface area contributed by atoms with E-state index in [1.54, 1.807) is 0 Å². The lowest BCUT2D eigenvalue weighted by Crippen LogP contribution is -2.34. The maximum atomic E-state index is 14.0. The Hall–Kier alpha value is -3.62. The van der Waals surface area contributed by atoms with E-state index in [9.17, 15) is 9.18 Å². The monoisotopic (exact) mass is 421 g/mol. The normalized spacial score (nSPS) is 12.6. The molecule has 2 heterocycles. The third-order valence-electron chi connectivity index (χ3n) is 5.17. The van der Waals surface area contributed by atoms with Gasteiger partial charge < -0.3 is 9.88 Å². The van der Waals surface area contributed by atoms with E-state index in [2.05, 4.69) is 39.3 Å². The molecule has 4 aromatic rings. The van der Waals surface area contributed by atoms with E-state index < -0.39 is 11.7 Å². The molecule has 1 unspecified atom stereocenters. The minimum absolute atomic E-state index is 0.0447. The van der Waals surface area contributed by atoms with Gasteiger partial charge in [-0.15, -0.1) is 5.10 Å². The Morgan fingerprint density at radius 1 is 1.10 bits per heavy atom. The average molecular weight is 421 g/mol. The SMILES string of the molecule is CC(C)C(NC(=O)c1cc(F)ccc1-n1cnnn1)c1nc2ccccc2n1C(C)C. The molecule has 8 nitrogen and oxygen atoms in total. The number of nitrogens with zero attached hydrogens (tertiary/aromatic N) is 6. The van der Waals surface area contributed by atoms with Crippen molar-refractivity contribution in [3.63, 3.8) is 0 Å². The number of rotatable bonds is 6. The highest BCUT2D eigenvalue weighted by Crippen LogP contribution is 2.29. The van der Waals surface area contributed by atoms with Crippen molar-refractivity contribution in [2.45, 2.75) is 39.8 Å². The Balaban J connectivity index is 1.76. The van der Waals surface area contributed by atoms with E-state index in [0.29, 0.717) is 5.69 Å². The highest BCUT2D eigenvalue weighted by atomic mass is 19.1. The van der Waals surface area contributed by atoms with Gasteiger partial charge in [0, 0.05) is 6.04 Å². The van der Waals surface area contributed by atoms with Crippen LogP contribution in [0.25, 0.3) is 16.7 Å². The molecule has 1 atom stereocenters. The number of benzene rings is 2. The first-order chi connectivity index (χ1) is 14.9. The Morgan fingerprint density at radius 3 is 2.55 bits per heavy atom. The standard InChI is InChI=1S/C22H24FN7O/c1-13(2)20(21-25-17-7-5-6-8-19(17)30(21)14(3)4)26-22(31)16-11-15(23)9-10-18(16)29-12-24-27-28-29/h5-14,20H,1-4H3,(H,26,31). The zero-order chi connectivity index (χ0) is 22.1. The summed E-state index contributed by atoms with van der Waals surface area (Å²) in [6, 6.07) is 11.6. The van der Waals surface area contributed by atoms with Crippen LogP contribution in [0.4, 0.5) is 4.39 Å². The van der Waals surface area contributed by atoms with E-state index in [1.807, 2.05) is 38.1 Å². The summed E-state index contributed by atoms with van der Waals surface area (Å²) in [6.07, 6.45) is 1.36. The van der Waals surface area contributed by atoms with E-state index in [0.717, 1.165) is 16.9 Å². The van der Waals surface area contributed by atoms with Crippen LogP contribution < -0.4 is 5.32 Å². The number of hydrogen-bond acceptors (Lipinski definition) is 5. The van der Waals surface area contributed by atoms with Crippen molar-refractivity contribution in [1.82, 2.24) is 35.1 Å². The third kappa shape index (κ3) is 3.90. The van der Waals surface area contributed by atoms with Crippen LogP contribution in [0.5, 0.6) is 0 Å². The van der Waals surface area contributed by atoms with Crippen molar-refractivity contribution < 1.29 is 9.18 Å². The lowest BCUT2D eigenvalue weighted by atomic mass is 10.0. The molecule has 0 saturated heterocycles. The molecule has 0 radical (unpaired) electrons. The van der Waals surface area contributed by atoms with Crippen LogP contribution in [-0.4, -0.2) is 35.7 Å². The van der Waals surface area contributed by atoms with Crippen LogP contribution in [0.15, 0.2) is 48.8 Å². The van der Waals surface area contributed by atoms with Gasteiger partial charge in [0.05, 0.1) is 28.3 Å². The van der Waals surface area contributed by atoms with Gasteiger partial charge in [0.2, 0.25) is 0 Å². The summed E-state index contributed by atoms with van der Waals surface area (Å²) in [6.45, 7) is 8.20.